The van der Waals surface area contributed by atoms with Gasteiger partial charge in [-0.15, -0.1) is 6.58 Å². The van der Waals surface area contributed by atoms with E-state index in [2.05, 4.69) is 11.9 Å². The fourth-order valence-electron chi connectivity index (χ4n) is 0.661. The lowest BCUT2D eigenvalue weighted by atomic mass is 10.0. The molecule has 68 valence electrons. The fraction of sp³-hybridized carbons (Fsp3) is 0.556. The van der Waals surface area contributed by atoms with E-state index in [1.165, 1.54) is 0 Å². The number of ketones is 1. The molecule has 0 rings (SSSR count). The lowest BCUT2D eigenvalue weighted by molar-refractivity contribution is -0.139. The third kappa shape index (κ3) is 3.32. The average Bonchev–Trinajstić information content (AvgIpc) is 2.11. The number of rotatable bonds is 5. The van der Waals surface area contributed by atoms with Crippen molar-refractivity contribution in [1.82, 2.24) is 5.32 Å². The first-order valence-electron chi connectivity index (χ1n) is 4.06. The zero-order valence-electron chi connectivity index (χ0n) is 7.59. The molecule has 0 spiro atoms. The Hall–Kier alpha value is -1.12. The number of hydrogen-bond acceptors (Lipinski definition) is 2. The molecule has 0 heterocycles. The monoisotopic (exact) mass is 169 g/mol. The molecule has 0 aromatic carbocycles. The zero-order chi connectivity index (χ0) is 9.56. The molecule has 1 amide bonds. The van der Waals surface area contributed by atoms with Gasteiger partial charge in [0, 0.05) is 12.5 Å². The molecule has 0 aliphatic carbocycles. The second-order valence-electron chi connectivity index (χ2n) is 2.67. The maximum atomic E-state index is 11.1. The maximum absolute atomic E-state index is 11.1. The highest BCUT2D eigenvalue weighted by Gasteiger charge is 2.18. The second-order valence-corrected chi connectivity index (χ2v) is 2.67. The van der Waals surface area contributed by atoms with E-state index < -0.39 is 5.91 Å². The predicted molar refractivity (Wildman–Crippen MR) is 47.7 cm³/mol. The van der Waals surface area contributed by atoms with Crippen LogP contribution in [0.1, 0.15) is 20.3 Å². The quantitative estimate of drug-likeness (QED) is 0.491. The lowest BCUT2D eigenvalue weighted by Gasteiger charge is -2.05. The second kappa shape index (κ2) is 5.52. The molecule has 0 saturated carbocycles. The SMILES string of the molecule is C=CCNC(=O)C(=O)C(C)CC. The topological polar surface area (TPSA) is 46.2 Å². The summed E-state index contributed by atoms with van der Waals surface area (Å²) >= 11 is 0. The van der Waals surface area contributed by atoms with E-state index in [1.54, 1.807) is 13.0 Å². The van der Waals surface area contributed by atoms with Crippen LogP contribution in [0.4, 0.5) is 0 Å². The van der Waals surface area contributed by atoms with Gasteiger partial charge in [-0.3, -0.25) is 9.59 Å². The van der Waals surface area contributed by atoms with Crippen molar-refractivity contribution >= 4 is 11.7 Å². The van der Waals surface area contributed by atoms with E-state index >= 15 is 0 Å². The van der Waals surface area contributed by atoms with E-state index in [-0.39, 0.29) is 11.7 Å². The highest BCUT2D eigenvalue weighted by Crippen LogP contribution is 2.01. The largest absolute Gasteiger partial charge is 0.346 e. The fourth-order valence-corrected chi connectivity index (χ4v) is 0.661. The van der Waals surface area contributed by atoms with Gasteiger partial charge in [-0.2, -0.15) is 0 Å². The number of carbonyl (C=O) groups excluding carboxylic acids is 2. The molecule has 0 fully saturated rings. The summed E-state index contributed by atoms with van der Waals surface area (Å²) in [6.45, 7) is 7.40. The van der Waals surface area contributed by atoms with Gasteiger partial charge in [-0.1, -0.05) is 19.9 Å². The minimum absolute atomic E-state index is 0.185. The zero-order valence-corrected chi connectivity index (χ0v) is 7.59. The van der Waals surface area contributed by atoms with Crippen LogP contribution in [0.15, 0.2) is 12.7 Å². The van der Waals surface area contributed by atoms with Gasteiger partial charge in [-0.05, 0) is 6.42 Å². The molecular formula is C9H15NO2. The first kappa shape index (κ1) is 10.9. The van der Waals surface area contributed by atoms with Crippen LogP contribution in [0.2, 0.25) is 0 Å². The Morgan fingerprint density at radius 1 is 1.58 bits per heavy atom. The van der Waals surface area contributed by atoms with Crippen molar-refractivity contribution in [3.63, 3.8) is 0 Å². The molecule has 12 heavy (non-hydrogen) atoms. The Balaban J connectivity index is 3.92. The van der Waals surface area contributed by atoms with Crippen molar-refractivity contribution in [1.29, 1.82) is 0 Å². The van der Waals surface area contributed by atoms with Crippen LogP contribution in [0.25, 0.3) is 0 Å². The molecule has 0 aliphatic rings. The summed E-state index contributed by atoms with van der Waals surface area (Å²) < 4.78 is 0. The third-order valence-electron chi connectivity index (χ3n) is 1.69. The van der Waals surface area contributed by atoms with E-state index in [1.807, 2.05) is 6.92 Å². The van der Waals surface area contributed by atoms with E-state index in [0.717, 1.165) is 0 Å². The van der Waals surface area contributed by atoms with Crippen molar-refractivity contribution in [3.05, 3.63) is 12.7 Å². The molecule has 0 aliphatic heterocycles. The third-order valence-corrected chi connectivity index (χ3v) is 1.69. The highest BCUT2D eigenvalue weighted by atomic mass is 16.2. The minimum atomic E-state index is -0.510. The summed E-state index contributed by atoms with van der Waals surface area (Å²) in [6, 6.07) is 0. The summed E-state index contributed by atoms with van der Waals surface area (Å²) in [7, 11) is 0. The van der Waals surface area contributed by atoms with Crippen LogP contribution >= 0.6 is 0 Å². The van der Waals surface area contributed by atoms with Crippen LogP contribution in [0, 0.1) is 5.92 Å². The molecule has 0 radical (unpaired) electrons. The van der Waals surface area contributed by atoms with Crippen LogP contribution in [-0.2, 0) is 9.59 Å². The molecule has 0 bridgehead atoms. The summed E-state index contributed by atoms with van der Waals surface area (Å²) in [6.07, 6.45) is 2.24. The van der Waals surface area contributed by atoms with Gasteiger partial charge >= 0.3 is 0 Å². The molecule has 1 atom stereocenters. The van der Waals surface area contributed by atoms with Gasteiger partial charge in [0.25, 0.3) is 5.91 Å². The van der Waals surface area contributed by atoms with Crippen molar-refractivity contribution < 1.29 is 9.59 Å². The van der Waals surface area contributed by atoms with Gasteiger partial charge in [0.15, 0.2) is 0 Å². The normalized spacial score (nSPS) is 11.8. The number of nitrogens with one attached hydrogen (secondary N) is 1. The summed E-state index contributed by atoms with van der Waals surface area (Å²) in [5, 5.41) is 2.44. The van der Waals surface area contributed by atoms with Gasteiger partial charge in [0.1, 0.15) is 0 Å². The van der Waals surface area contributed by atoms with E-state index in [9.17, 15) is 9.59 Å². The molecule has 1 unspecified atom stereocenters. The molecule has 0 aromatic rings. The van der Waals surface area contributed by atoms with Crippen LogP contribution in [0.5, 0.6) is 0 Å². The van der Waals surface area contributed by atoms with E-state index in [4.69, 9.17) is 0 Å². The Bertz CT molecular complexity index is 187. The first-order chi connectivity index (χ1) is 5.63. The van der Waals surface area contributed by atoms with Crippen LogP contribution < -0.4 is 5.32 Å². The maximum Gasteiger partial charge on any atom is 0.287 e. The number of amides is 1. The van der Waals surface area contributed by atoms with Crippen molar-refractivity contribution in [3.8, 4) is 0 Å². The van der Waals surface area contributed by atoms with Crippen LogP contribution in [-0.4, -0.2) is 18.2 Å². The summed E-state index contributed by atoms with van der Waals surface area (Å²) in [5.41, 5.74) is 0. The van der Waals surface area contributed by atoms with Crippen LogP contribution in [0.3, 0.4) is 0 Å². The van der Waals surface area contributed by atoms with Crippen molar-refractivity contribution in [2.75, 3.05) is 6.54 Å². The Morgan fingerprint density at radius 2 is 2.17 bits per heavy atom. The Labute approximate surface area is 72.8 Å². The molecule has 1 N–H and O–H groups in total. The van der Waals surface area contributed by atoms with E-state index in [0.29, 0.717) is 13.0 Å². The van der Waals surface area contributed by atoms with Crippen molar-refractivity contribution in [2.24, 2.45) is 5.92 Å². The van der Waals surface area contributed by atoms with Gasteiger partial charge in [-0.25, -0.2) is 0 Å². The minimum Gasteiger partial charge on any atom is -0.346 e. The molecule has 0 saturated heterocycles. The van der Waals surface area contributed by atoms with Crippen molar-refractivity contribution in [2.45, 2.75) is 20.3 Å². The lowest BCUT2D eigenvalue weighted by Crippen LogP contribution is -2.34. The first-order valence-corrected chi connectivity index (χ1v) is 4.06. The predicted octanol–water partition coefficient (Wildman–Crippen LogP) is 0.904. The molecule has 0 aromatic heterocycles. The standard InChI is InChI=1S/C9H15NO2/c1-4-6-10-9(12)8(11)7(3)5-2/h4,7H,1,5-6H2,2-3H3,(H,10,12). The Kier molecular flexibility index (Phi) is 5.00. The van der Waals surface area contributed by atoms with Gasteiger partial charge in [0.2, 0.25) is 5.78 Å². The summed E-state index contributed by atoms with van der Waals surface area (Å²) in [5.74, 6) is -1.04. The number of carbonyl (C=O) groups is 2. The summed E-state index contributed by atoms with van der Waals surface area (Å²) in [4.78, 5) is 22.1. The smallest absolute Gasteiger partial charge is 0.287 e. The Morgan fingerprint density at radius 3 is 2.58 bits per heavy atom. The van der Waals surface area contributed by atoms with Gasteiger partial charge < -0.3 is 5.32 Å². The average molecular weight is 169 g/mol. The van der Waals surface area contributed by atoms with Gasteiger partial charge in [0.05, 0.1) is 0 Å². The molecule has 3 heteroatoms. The highest BCUT2D eigenvalue weighted by molar-refractivity contribution is 6.36. The number of Topliss-reactive ketones (excluding diaryl/α,β-unsaturated/α-hetero) is 1. The molecule has 3 nitrogen and oxygen atoms in total. The number of hydrogen-bond donors (Lipinski definition) is 1. The molecular weight excluding hydrogens is 154 g/mol.